The van der Waals surface area contributed by atoms with Crippen molar-refractivity contribution in [2.45, 2.75) is 59.3 Å². The fraction of sp³-hybridized carbons (Fsp3) is 0.478. The molecule has 1 atom stereocenters. The first kappa shape index (κ1) is 17.8. The van der Waals surface area contributed by atoms with Gasteiger partial charge in [0.05, 0.1) is 0 Å². The fourth-order valence-corrected chi connectivity index (χ4v) is 5.08. The summed E-state index contributed by atoms with van der Waals surface area (Å²) in [6, 6.07) is 12.1. The minimum absolute atomic E-state index is 0.0852. The number of benzene rings is 2. The molecule has 134 valence electrons. The van der Waals surface area contributed by atoms with E-state index in [1.54, 1.807) is 0 Å². The van der Waals surface area contributed by atoms with Gasteiger partial charge < -0.3 is 10.2 Å². The average molecular weight is 338 g/mol. The molecule has 0 amide bonds. The highest BCUT2D eigenvalue weighted by Crippen LogP contribution is 2.54. The molecule has 2 N–H and O–H groups in total. The summed E-state index contributed by atoms with van der Waals surface area (Å²) in [5, 5.41) is 20.0. The van der Waals surface area contributed by atoms with Gasteiger partial charge in [0, 0.05) is 5.41 Å². The molecule has 2 nitrogen and oxygen atoms in total. The molecular formula is C23H30O2. The molecule has 0 aliphatic heterocycles. The zero-order valence-corrected chi connectivity index (χ0v) is 16.1. The zero-order chi connectivity index (χ0) is 18.4. The maximum Gasteiger partial charge on any atom is 0.118 e. The molecule has 1 aliphatic rings. The maximum absolute atomic E-state index is 10.00. The van der Waals surface area contributed by atoms with Crippen molar-refractivity contribution in [2.75, 3.05) is 0 Å². The summed E-state index contributed by atoms with van der Waals surface area (Å²) in [5.74, 6) is 1.32. The third-order valence-corrected chi connectivity index (χ3v) is 5.88. The molecule has 1 aliphatic carbocycles. The van der Waals surface area contributed by atoms with E-state index in [-0.39, 0.29) is 10.8 Å². The van der Waals surface area contributed by atoms with E-state index in [1.165, 1.54) is 17.5 Å². The topological polar surface area (TPSA) is 40.5 Å². The van der Waals surface area contributed by atoms with E-state index in [9.17, 15) is 10.2 Å². The molecular weight excluding hydrogens is 308 g/mol. The Labute approximate surface area is 151 Å². The Bertz CT molecular complexity index is 737. The summed E-state index contributed by atoms with van der Waals surface area (Å²) in [6.07, 6.45) is 3.38. The highest BCUT2D eigenvalue weighted by Gasteiger charge is 2.45. The minimum Gasteiger partial charge on any atom is -0.508 e. The van der Waals surface area contributed by atoms with Crippen LogP contribution in [0.1, 0.15) is 62.3 Å². The van der Waals surface area contributed by atoms with E-state index in [1.807, 2.05) is 26.0 Å². The molecule has 0 radical (unpaired) electrons. The Morgan fingerprint density at radius 2 is 1.32 bits per heavy atom. The molecule has 0 heterocycles. The lowest BCUT2D eigenvalue weighted by atomic mass is 9.55. The lowest BCUT2D eigenvalue weighted by Gasteiger charge is -2.49. The van der Waals surface area contributed by atoms with Crippen molar-refractivity contribution in [2.24, 2.45) is 11.3 Å². The smallest absolute Gasteiger partial charge is 0.118 e. The number of phenolic OH excluding ortho intramolecular Hbond substituents is 2. The van der Waals surface area contributed by atoms with Crippen LogP contribution in [0, 0.1) is 25.2 Å². The Balaban J connectivity index is 2.23. The first-order chi connectivity index (χ1) is 11.6. The normalized spacial score (nSPS) is 21.9. The lowest BCUT2D eigenvalue weighted by molar-refractivity contribution is 0.126. The van der Waals surface area contributed by atoms with Crippen molar-refractivity contribution in [1.29, 1.82) is 0 Å². The Kier molecular flexibility index (Phi) is 4.35. The standard InChI is InChI=1S/C23H30O2/c1-15-12-22(4,5)14-23(13-15,18-6-8-20(24)16(2)10-18)19-7-9-21(25)17(3)11-19/h6-11,15,24-25H,12-14H2,1-5H3. The van der Waals surface area contributed by atoms with Gasteiger partial charge in [-0.2, -0.15) is 0 Å². The van der Waals surface area contributed by atoms with Crippen LogP contribution in [0.5, 0.6) is 11.5 Å². The van der Waals surface area contributed by atoms with Crippen LogP contribution >= 0.6 is 0 Å². The van der Waals surface area contributed by atoms with Gasteiger partial charge in [-0.1, -0.05) is 45.0 Å². The predicted molar refractivity (Wildman–Crippen MR) is 103 cm³/mol. The summed E-state index contributed by atoms with van der Waals surface area (Å²) < 4.78 is 0. The number of phenols is 2. The zero-order valence-electron chi connectivity index (χ0n) is 16.1. The molecule has 3 rings (SSSR count). The van der Waals surface area contributed by atoms with Crippen LogP contribution in [0.4, 0.5) is 0 Å². The van der Waals surface area contributed by atoms with Gasteiger partial charge in [0.1, 0.15) is 11.5 Å². The Morgan fingerprint density at radius 3 is 1.72 bits per heavy atom. The van der Waals surface area contributed by atoms with Crippen molar-refractivity contribution in [3.8, 4) is 11.5 Å². The monoisotopic (exact) mass is 338 g/mol. The van der Waals surface area contributed by atoms with Crippen molar-refractivity contribution in [1.82, 2.24) is 0 Å². The van der Waals surface area contributed by atoms with Crippen LogP contribution in [0.15, 0.2) is 36.4 Å². The van der Waals surface area contributed by atoms with Gasteiger partial charge in [-0.15, -0.1) is 0 Å². The first-order valence-corrected chi connectivity index (χ1v) is 9.23. The van der Waals surface area contributed by atoms with Gasteiger partial charge in [-0.3, -0.25) is 0 Å². The average Bonchev–Trinajstić information content (AvgIpc) is 2.50. The first-order valence-electron chi connectivity index (χ1n) is 9.23. The summed E-state index contributed by atoms with van der Waals surface area (Å²) in [5.41, 5.74) is 4.54. The molecule has 1 fully saturated rings. The van der Waals surface area contributed by atoms with E-state index in [4.69, 9.17) is 0 Å². The molecule has 1 unspecified atom stereocenters. The van der Waals surface area contributed by atoms with Crippen molar-refractivity contribution >= 4 is 0 Å². The van der Waals surface area contributed by atoms with Gasteiger partial charge in [-0.25, -0.2) is 0 Å². The van der Waals surface area contributed by atoms with E-state index in [0.29, 0.717) is 17.4 Å². The summed E-state index contributed by atoms with van der Waals surface area (Å²) in [7, 11) is 0. The van der Waals surface area contributed by atoms with Crippen LogP contribution < -0.4 is 0 Å². The number of aryl methyl sites for hydroxylation is 2. The number of hydrogen-bond donors (Lipinski definition) is 2. The van der Waals surface area contributed by atoms with Gasteiger partial charge in [0.25, 0.3) is 0 Å². The summed E-state index contributed by atoms with van der Waals surface area (Å²) in [4.78, 5) is 0. The highest BCUT2D eigenvalue weighted by atomic mass is 16.3. The second kappa shape index (κ2) is 6.09. The number of hydrogen-bond acceptors (Lipinski definition) is 2. The molecule has 0 aromatic heterocycles. The van der Waals surface area contributed by atoms with E-state index in [0.717, 1.165) is 24.0 Å². The molecule has 1 saturated carbocycles. The van der Waals surface area contributed by atoms with Crippen LogP contribution in [0.25, 0.3) is 0 Å². The van der Waals surface area contributed by atoms with Gasteiger partial charge in [0.2, 0.25) is 0 Å². The molecule has 2 aromatic carbocycles. The number of rotatable bonds is 2. The third kappa shape index (κ3) is 3.27. The maximum atomic E-state index is 10.00. The predicted octanol–water partition coefficient (Wildman–Crippen LogP) is 5.85. The lowest BCUT2D eigenvalue weighted by Crippen LogP contribution is -2.41. The quantitative estimate of drug-likeness (QED) is 0.721. The second-order valence-electron chi connectivity index (χ2n) is 8.94. The van der Waals surface area contributed by atoms with E-state index >= 15 is 0 Å². The van der Waals surface area contributed by atoms with Crippen LogP contribution in [0.3, 0.4) is 0 Å². The van der Waals surface area contributed by atoms with Gasteiger partial charge in [-0.05, 0) is 78.8 Å². The second-order valence-corrected chi connectivity index (χ2v) is 8.94. The van der Waals surface area contributed by atoms with E-state index in [2.05, 4.69) is 45.0 Å². The number of aromatic hydroxyl groups is 2. The van der Waals surface area contributed by atoms with Crippen LogP contribution in [0.2, 0.25) is 0 Å². The van der Waals surface area contributed by atoms with Crippen LogP contribution in [-0.4, -0.2) is 10.2 Å². The van der Waals surface area contributed by atoms with Crippen molar-refractivity contribution in [3.63, 3.8) is 0 Å². The van der Waals surface area contributed by atoms with Crippen molar-refractivity contribution in [3.05, 3.63) is 58.7 Å². The highest BCUT2D eigenvalue weighted by molar-refractivity contribution is 5.48. The Hall–Kier alpha value is -1.96. The molecule has 2 heteroatoms. The van der Waals surface area contributed by atoms with Crippen LogP contribution in [-0.2, 0) is 5.41 Å². The SMILES string of the molecule is Cc1cc(C2(c3ccc(O)c(C)c3)CC(C)CC(C)(C)C2)ccc1O. The minimum atomic E-state index is -0.0852. The molecule has 2 aromatic rings. The van der Waals surface area contributed by atoms with E-state index < -0.39 is 0 Å². The molecule has 0 bridgehead atoms. The van der Waals surface area contributed by atoms with Crippen molar-refractivity contribution < 1.29 is 10.2 Å². The molecule has 0 spiro atoms. The summed E-state index contributed by atoms with van der Waals surface area (Å²) >= 11 is 0. The summed E-state index contributed by atoms with van der Waals surface area (Å²) in [6.45, 7) is 11.0. The fourth-order valence-electron chi connectivity index (χ4n) is 5.08. The molecule has 25 heavy (non-hydrogen) atoms. The van der Waals surface area contributed by atoms with Gasteiger partial charge in [0.15, 0.2) is 0 Å². The third-order valence-electron chi connectivity index (χ3n) is 5.88. The molecule has 0 saturated heterocycles. The van der Waals surface area contributed by atoms with Gasteiger partial charge >= 0.3 is 0 Å². The largest absolute Gasteiger partial charge is 0.508 e. The Morgan fingerprint density at radius 1 is 0.840 bits per heavy atom.